The number of sulfonamides is 1. The smallest absolute Gasteiger partial charge is 0.271 e. The van der Waals surface area contributed by atoms with Crippen molar-refractivity contribution in [2.75, 3.05) is 29.0 Å². The van der Waals surface area contributed by atoms with E-state index in [4.69, 9.17) is 4.74 Å². The first-order chi connectivity index (χ1) is 13.2. The third kappa shape index (κ3) is 5.95. The lowest BCUT2D eigenvalue weighted by atomic mass is 10.2. The van der Waals surface area contributed by atoms with Crippen LogP contribution in [0.3, 0.4) is 0 Å². The molecule has 0 unspecified atom stereocenters. The van der Waals surface area contributed by atoms with Crippen molar-refractivity contribution in [2.45, 2.75) is 13.3 Å². The normalized spacial score (nSPS) is 10.9. The highest BCUT2D eigenvalue weighted by Crippen LogP contribution is 2.22. The van der Waals surface area contributed by atoms with E-state index >= 15 is 0 Å². The fourth-order valence-corrected chi connectivity index (χ4v) is 3.21. The van der Waals surface area contributed by atoms with Crippen LogP contribution >= 0.6 is 0 Å². The van der Waals surface area contributed by atoms with Gasteiger partial charge in [0.15, 0.2) is 0 Å². The lowest BCUT2D eigenvalue weighted by Crippen LogP contribution is -2.37. The van der Waals surface area contributed by atoms with E-state index in [-0.39, 0.29) is 11.4 Å². The number of nitrogens with one attached hydrogen (secondary N) is 1. The first kappa shape index (κ1) is 21.2. The molecule has 9 nitrogen and oxygen atoms in total. The van der Waals surface area contributed by atoms with Crippen LogP contribution in [0.5, 0.6) is 5.75 Å². The van der Waals surface area contributed by atoms with Crippen LogP contribution in [0.4, 0.5) is 17.1 Å². The topological polar surface area (TPSA) is 119 Å². The molecular weight excluding hydrogens is 386 g/mol. The molecular formula is C18H21N3O6S. The van der Waals surface area contributed by atoms with E-state index in [1.165, 1.54) is 24.3 Å². The van der Waals surface area contributed by atoms with Crippen molar-refractivity contribution < 1.29 is 22.9 Å². The maximum absolute atomic E-state index is 12.3. The van der Waals surface area contributed by atoms with Gasteiger partial charge in [0.05, 0.1) is 23.5 Å². The fraction of sp³-hybridized carbons (Fsp3) is 0.278. The third-order valence-electron chi connectivity index (χ3n) is 3.63. The maximum Gasteiger partial charge on any atom is 0.271 e. The van der Waals surface area contributed by atoms with Crippen molar-refractivity contribution in [1.29, 1.82) is 0 Å². The van der Waals surface area contributed by atoms with Crippen LogP contribution in [0.15, 0.2) is 48.5 Å². The zero-order valence-corrected chi connectivity index (χ0v) is 16.3. The van der Waals surface area contributed by atoms with Crippen LogP contribution in [0.2, 0.25) is 0 Å². The molecule has 0 fully saturated rings. The largest absolute Gasteiger partial charge is 0.494 e. The number of anilines is 2. The lowest BCUT2D eigenvalue weighted by molar-refractivity contribution is -0.384. The molecule has 0 saturated carbocycles. The zero-order chi connectivity index (χ0) is 20.7. The molecule has 28 heavy (non-hydrogen) atoms. The zero-order valence-electron chi connectivity index (χ0n) is 15.5. The van der Waals surface area contributed by atoms with Gasteiger partial charge in [0, 0.05) is 17.8 Å². The monoisotopic (exact) mass is 407 g/mol. The number of benzene rings is 2. The SMILES string of the molecule is CCCOc1ccc(N(CC(=O)Nc2cccc([N+](=O)[O-])c2)S(C)(=O)=O)cc1. The number of non-ortho nitro benzene ring substituents is 1. The van der Waals surface area contributed by atoms with Gasteiger partial charge in [-0.15, -0.1) is 0 Å². The van der Waals surface area contributed by atoms with Crippen molar-refractivity contribution >= 4 is 33.0 Å². The van der Waals surface area contributed by atoms with E-state index in [1.807, 2.05) is 6.92 Å². The fourth-order valence-electron chi connectivity index (χ4n) is 2.36. The summed E-state index contributed by atoms with van der Waals surface area (Å²) in [7, 11) is -3.73. The summed E-state index contributed by atoms with van der Waals surface area (Å²) in [6.07, 6.45) is 1.84. The first-order valence-corrected chi connectivity index (χ1v) is 10.3. The summed E-state index contributed by atoms with van der Waals surface area (Å²) in [5, 5.41) is 13.3. The number of ether oxygens (including phenoxy) is 1. The van der Waals surface area contributed by atoms with Gasteiger partial charge in [-0.25, -0.2) is 8.42 Å². The van der Waals surface area contributed by atoms with E-state index in [2.05, 4.69) is 5.32 Å². The summed E-state index contributed by atoms with van der Waals surface area (Å²) < 4.78 is 30.7. The molecule has 150 valence electrons. The molecule has 0 aliphatic carbocycles. The number of nitrogens with zero attached hydrogens (tertiary/aromatic N) is 2. The Kier molecular flexibility index (Phi) is 6.94. The van der Waals surface area contributed by atoms with E-state index in [1.54, 1.807) is 24.3 Å². The molecule has 0 heterocycles. The highest BCUT2D eigenvalue weighted by atomic mass is 32.2. The van der Waals surface area contributed by atoms with Crippen molar-refractivity contribution in [3.63, 3.8) is 0 Å². The van der Waals surface area contributed by atoms with E-state index in [0.29, 0.717) is 18.0 Å². The minimum Gasteiger partial charge on any atom is -0.494 e. The minimum atomic E-state index is -3.73. The molecule has 2 aromatic rings. The second-order valence-electron chi connectivity index (χ2n) is 5.97. The summed E-state index contributed by atoms with van der Waals surface area (Å²) in [5.74, 6) is -0.0302. The van der Waals surface area contributed by atoms with Crippen LogP contribution < -0.4 is 14.4 Å². The maximum atomic E-state index is 12.3. The second-order valence-corrected chi connectivity index (χ2v) is 7.87. The minimum absolute atomic E-state index is 0.180. The lowest BCUT2D eigenvalue weighted by Gasteiger charge is -2.22. The van der Waals surface area contributed by atoms with E-state index in [0.717, 1.165) is 17.0 Å². The number of nitro groups is 1. The molecule has 0 spiro atoms. The van der Waals surface area contributed by atoms with Crippen LogP contribution in [0, 0.1) is 10.1 Å². The van der Waals surface area contributed by atoms with Crippen molar-refractivity contribution in [2.24, 2.45) is 0 Å². The summed E-state index contributed by atoms with van der Waals surface area (Å²) >= 11 is 0. The first-order valence-electron chi connectivity index (χ1n) is 8.45. The molecule has 0 bridgehead atoms. The average molecular weight is 407 g/mol. The van der Waals surface area contributed by atoms with Crippen LogP contribution in [0.25, 0.3) is 0 Å². The summed E-state index contributed by atoms with van der Waals surface area (Å²) in [4.78, 5) is 22.6. The number of rotatable bonds is 9. The molecule has 1 amide bonds. The number of hydrogen-bond donors (Lipinski definition) is 1. The van der Waals surface area contributed by atoms with Gasteiger partial charge in [0.2, 0.25) is 15.9 Å². The van der Waals surface area contributed by atoms with E-state index < -0.39 is 27.4 Å². The molecule has 0 radical (unpaired) electrons. The van der Waals surface area contributed by atoms with Crippen LogP contribution in [-0.2, 0) is 14.8 Å². The Labute approximate surface area is 163 Å². The van der Waals surface area contributed by atoms with Gasteiger partial charge in [0.25, 0.3) is 5.69 Å². The number of nitro benzene ring substituents is 1. The summed E-state index contributed by atoms with van der Waals surface area (Å²) in [6.45, 7) is 2.04. The Bertz CT molecular complexity index is 944. The molecule has 10 heteroatoms. The van der Waals surface area contributed by atoms with Gasteiger partial charge in [0.1, 0.15) is 12.3 Å². The molecule has 2 aromatic carbocycles. The standard InChI is InChI=1S/C18H21N3O6S/c1-3-11-27-17-9-7-15(8-10-17)20(28(2,25)26)13-18(22)19-14-5-4-6-16(12-14)21(23)24/h4-10,12H,3,11,13H2,1-2H3,(H,19,22). The van der Waals surface area contributed by atoms with Crippen molar-refractivity contribution in [1.82, 2.24) is 0 Å². The molecule has 0 aliphatic rings. The predicted octanol–water partition coefficient (Wildman–Crippen LogP) is 2.79. The molecule has 2 rings (SSSR count). The third-order valence-corrected chi connectivity index (χ3v) is 4.77. The number of hydrogen-bond acceptors (Lipinski definition) is 6. The van der Waals surface area contributed by atoms with Gasteiger partial charge in [-0.3, -0.25) is 19.2 Å². The van der Waals surface area contributed by atoms with Gasteiger partial charge in [-0.2, -0.15) is 0 Å². The van der Waals surface area contributed by atoms with E-state index in [9.17, 15) is 23.3 Å². The number of carbonyl (C=O) groups is 1. The Morgan fingerprint density at radius 2 is 1.89 bits per heavy atom. The molecule has 1 N–H and O–H groups in total. The Hall–Kier alpha value is -3.14. The van der Waals surface area contributed by atoms with Gasteiger partial charge in [-0.05, 0) is 36.8 Å². The molecule has 0 saturated heterocycles. The number of amides is 1. The molecule has 0 atom stereocenters. The highest BCUT2D eigenvalue weighted by Gasteiger charge is 2.21. The quantitative estimate of drug-likeness (QED) is 0.504. The Morgan fingerprint density at radius 3 is 2.46 bits per heavy atom. The molecule has 0 aromatic heterocycles. The summed E-state index contributed by atoms with van der Waals surface area (Å²) in [6, 6.07) is 11.7. The van der Waals surface area contributed by atoms with Crippen LogP contribution in [-0.4, -0.2) is 38.7 Å². The summed E-state index contributed by atoms with van der Waals surface area (Å²) in [5.41, 5.74) is 0.331. The number of carbonyl (C=O) groups excluding carboxylic acids is 1. The predicted molar refractivity (Wildman–Crippen MR) is 106 cm³/mol. The Balaban J connectivity index is 2.15. The van der Waals surface area contributed by atoms with Gasteiger partial charge < -0.3 is 10.1 Å². The van der Waals surface area contributed by atoms with Gasteiger partial charge in [-0.1, -0.05) is 13.0 Å². The van der Waals surface area contributed by atoms with Crippen LogP contribution in [0.1, 0.15) is 13.3 Å². The van der Waals surface area contributed by atoms with Crippen molar-refractivity contribution in [3.8, 4) is 5.75 Å². The average Bonchev–Trinajstić information content (AvgIpc) is 2.64. The molecule has 0 aliphatic heterocycles. The van der Waals surface area contributed by atoms with Crippen molar-refractivity contribution in [3.05, 3.63) is 58.6 Å². The second kappa shape index (κ2) is 9.18. The highest BCUT2D eigenvalue weighted by molar-refractivity contribution is 7.92. The van der Waals surface area contributed by atoms with Gasteiger partial charge >= 0.3 is 0 Å². The Morgan fingerprint density at radius 1 is 1.21 bits per heavy atom.